The third-order valence-corrected chi connectivity index (χ3v) is 5.01. The predicted molar refractivity (Wildman–Crippen MR) is 83.4 cm³/mol. The van der Waals surface area contributed by atoms with Crippen LogP contribution >= 0.6 is 27.7 Å². The smallest absolute Gasteiger partial charge is 0.327 e. The second-order valence-electron chi connectivity index (χ2n) is 4.39. The monoisotopic (exact) mass is 355 g/mol. The van der Waals surface area contributed by atoms with Crippen molar-refractivity contribution < 1.29 is 14.7 Å². The highest BCUT2D eigenvalue weighted by Crippen LogP contribution is 2.29. The minimum atomic E-state index is -0.954. The van der Waals surface area contributed by atoms with Crippen molar-refractivity contribution in [2.24, 2.45) is 0 Å². The van der Waals surface area contributed by atoms with Crippen LogP contribution in [0.5, 0.6) is 0 Å². The van der Waals surface area contributed by atoms with Crippen molar-refractivity contribution in [3.8, 4) is 0 Å². The largest absolute Gasteiger partial charge is 0.480 e. The molecule has 2 atom stereocenters. The number of thioether (sulfide) groups is 1. The first kappa shape index (κ1) is 15.1. The van der Waals surface area contributed by atoms with Gasteiger partial charge in [-0.3, -0.25) is 4.79 Å². The summed E-state index contributed by atoms with van der Waals surface area (Å²) in [5.74, 6) is -0.791. The number of halogens is 1. The molecule has 0 saturated carbocycles. The molecule has 0 spiro atoms. The number of rotatable bonds is 3. The highest BCUT2D eigenvalue weighted by Gasteiger charge is 2.38. The van der Waals surface area contributed by atoms with Crippen LogP contribution in [-0.2, 0) is 9.59 Å². The number of nitrogens with zero attached hydrogens (tertiary/aromatic N) is 1. The lowest BCUT2D eigenvalue weighted by atomic mass is 10.2. The van der Waals surface area contributed by atoms with E-state index in [-0.39, 0.29) is 11.3 Å². The molecule has 0 aliphatic carbocycles. The molecule has 1 fully saturated rings. The Hall–Kier alpha value is -1.27. The first-order chi connectivity index (χ1) is 9.50. The Balaban J connectivity index is 2.15. The van der Waals surface area contributed by atoms with Crippen molar-refractivity contribution in [2.75, 3.05) is 5.75 Å². The van der Waals surface area contributed by atoms with E-state index >= 15 is 0 Å². The number of carbonyl (C=O) groups is 2. The van der Waals surface area contributed by atoms with Gasteiger partial charge in [0.05, 0.1) is 5.37 Å². The maximum Gasteiger partial charge on any atom is 0.327 e. The molecule has 0 aromatic heterocycles. The van der Waals surface area contributed by atoms with Crippen LogP contribution < -0.4 is 0 Å². The number of carbonyl (C=O) groups excluding carboxylic acids is 1. The van der Waals surface area contributed by atoms with Crippen LogP contribution in [0.1, 0.15) is 12.5 Å². The molecule has 4 nitrogen and oxygen atoms in total. The normalized spacial score (nSPS) is 22.4. The summed E-state index contributed by atoms with van der Waals surface area (Å²) in [6.45, 7) is 1.85. The maximum atomic E-state index is 12.2. The van der Waals surface area contributed by atoms with Gasteiger partial charge >= 0.3 is 5.97 Å². The van der Waals surface area contributed by atoms with Crippen LogP contribution in [0, 0.1) is 0 Å². The Bertz CT molecular complexity index is 561. The quantitative estimate of drug-likeness (QED) is 0.847. The van der Waals surface area contributed by atoms with Crippen LogP contribution in [0.15, 0.2) is 34.8 Å². The number of hydrogen-bond donors (Lipinski definition) is 1. The van der Waals surface area contributed by atoms with Gasteiger partial charge in [0, 0.05) is 16.3 Å². The van der Waals surface area contributed by atoms with Gasteiger partial charge in [0.1, 0.15) is 6.04 Å². The fraction of sp³-hybridized carbons (Fsp3) is 0.286. The summed E-state index contributed by atoms with van der Waals surface area (Å²) in [6, 6.07) is 6.79. The highest BCUT2D eigenvalue weighted by atomic mass is 79.9. The van der Waals surface area contributed by atoms with Gasteiger partial charge in [0.2, 0.25) is 5.91 Å². The molecule has 6 heteroatoms. The Kier molecular flexibility index (Phi) is 4.88. The van der Waals surface area contributed by atoms with Crippen molar-refractivity contribution in [1.82, 2.24) is 4.90 Å². The summed E-state index contributed by atoms with van der Waals surface area (Å²) in [6.07, 6.45) is 3.12. The summed E-state index contributed by atoms with van der Waals surface area (Å²) in [5, 5.41) is 9.02. The zero-order valence-corrected chi connectivity index (χ0v) is 13.2. The molecule has 1 amide bonds. The molecule has 1 N–H and O–H groups in total. The van der Waals surface area contributed by atoms with Gasteiger partial charge in [0.25, 0.3) is 0 Å². The van der Waals surface area contributed by atoms with Crippen molar-refractivity contribution in [2.45, 2.75) is 18.3 Å². The second-order valence-corrected chi connectivity index (χ2v) is 6.59. The van der Waals surface area contributed by atoms with Crippen molar-refractivity contribution >= 4 is 45.6 Å². The molecule has 0 bridgehead atoms. The zero-order chi connectivity index (χ0) is 14.7. The minimum absolute atomic E-state index is 0.118. The van der Waals surface area contributed by atoms with Crippen LogP contribution in [0.2, 0.25) is 0 Å². The number of carboxylic acid groups (broad SMARTS) is 1. The first-order valence-electron chi connectivity index (χ1n) is 6.10. The van der Waals surface area contributed by atoms with Crippen molar-refractivity contribution in [3.63, 3.8) is 0 Å². The first-order valence-corrected chi connectivity index (χ1v) is 7.94. The summed E-state index contributed by atoms with van der Waals surface area (Å²) in [5.41, 5.74) is 0.882. The van der Waals surface area contributed by atoms with E-state index in [1.54, 1.807) is 6.08 Å². The Morgan fingerprint density at radius 3 is 2.80 bits per heavy atom. The topological polar surface area (TPSA) is 57.6 Å². The summed E-state index contributed by atoms with van der Waals surface area (Å²) >= 11 is 4.88. The Morgan fingerprint density at radius 2 is 2.15 bits per heavy atom. The standard InChI is InChI=1S/C14H14BrNO3S/c1-9-16(12(8-20-9)14(18)19)13(17)7-6-10-4-2-3-5-11(10)15/h2-7,9,12H,8H2,1H3,(H,18,19). The van der Waals surface area contributed by atoms with E-state index in [0.29, 0.717) is 5.75 Å². The fourth-order valence-corrected chi connectivity index (χ4v) is 3.62. The third-order valence-electron chi connectivity index (χ3n) is 3.07. The van der Waals surface area contributed by atoms with Crippen LogP contribution in [0.25, 0.3) is 6.08 Å². The number of hydrogen-bond acceptors (Lipinski definition) is 3. The predicted octanol–water partition coefficient (Wildman–Crippen LogP) is 2.84. The van der Waals surface area contributed by atoms with E-state index in [0.717, 1.165) is 10.0 Å². The van der Waals surface area contributed by atoms with Gasteiger partial charge in [-0.25, -0.2) is 4.79 Å². The number of amides is 1. The molecule has 20 heavy (non-hydrogen) atoms. The molecule has 1 aromatic carbocycles. The summed E-state index contributed by atoms with van der Waals surface area (Å²) < 4.78 is 0.891. The van der Waals surface area contributed by atoms with Gasteiger partial charge in [-0.05, 0) is 24.6 Å². The molecule has 2 rings (SSSR count). The van der Waals surface area contributed by atoms with E-state index < -0.39 is 12.0 Å². The Labute approximate surface area is 130 Å². The molecule has 1 aliphatic rings. The second kappa shape index (κ2) is 6.45. The number of carboxylic acids is 1. The molecule has 106 valence electrons. The molecule has 1 saturated heterocycles. The van der Waals surface area contributed by atoms with Crippen LogP contribution in [0.4, 0.5) is 0 Å². The fourth-order valence-electron chi connectivity index (χ4n) is 2.02. The van der Waals surface area contributed by atoms with E-state index in [4.69, 9.17) is 5.11 Å². The zero-order valence-electron chi connectivity index (χ0n) is 10.8. The SMILES string of the molecule is CC1SCC(C(=O)O)N1C(=O)C=Cc1ccccc1Br. The number of benzene rings is 1. The van der Waals surface area contributed by atoms with Gasteiger partial charge < -0.3 is 10.0 Å². The average molecular weight is 356 g/mol. The van der Waals surface area contributed by atoms with Crippen LogP contribution in [0.3, 0.4) is 0 Å². The Morgan fingerprint density at radius 1 is 1.45 bits per heavy atom. The number of aliphatic carboxylic acids is 1. The van der Waals surface area contributed by atoms with Crippen LogP contribution in [-0.4, -0.2) is 39.1 Å². The molecule has 2 unspecified atom stereocenters. The van der Waals surface area contributed by atoms with Crippen molar-refractivity contribution in [3.05, 3.63) is 40.4 Å². The van der Waals surface area contributed by atoms with Gasteiger partial charge in [0.15, 0.2) is 0 Å². The highest BCUT2D eigenvalue weighted by molar-refractivity contribution is 9.10. The average Bonchev–Trinajstić information content (AvgIpc) is 2.79. The summed E-state index contributed by atoms with van der Waals surface area (Å²) in [4.78, 5) is 24.8. The molecule has 1 aromatic rings. The van der Waals surface area contributed by atoms with E-state index in [1.165, 1.54) is 22.7 Å². The van der Waals surface area contributed by atoms with Gasteiger partial charge in [-0.2, -0.15) is 0 Å². The van der Waals surface area contributed by atoms with Crippen molar-refractivity contribution in [1.29, 1.82) is 0 Å². The molecular weight excluding hydrogens is 342 g/mol. The van der Waals surface area contributed by atoms with E-state index in [9.17, 15) is 9.59 Å². The summed E-state index contributed by atoms with van der Waals surface area (Å²) in [7, 11) is 0. The lowest BCUT2D eigenvalue weighted by molar-refractivity contribution is -0.147. The third kappa shape index (κ3) is 3.24. The van der Waals surface area contributed by atoms with Gasteiger partial charge in [-0.15, -0.1) is 11.8 Å². The lowest BCUT2D eigenvalue weighted by Gasteiger charge is -2.23. The molecule has 0 radical (unpaired) electrons. The minimum Gasteiger partial charge on any atom is -0.480 e. The molecule has 1 heterocycles. The van der Waals surface area contributed by atoms with Gasteiger partial charge in [-0.1, -0.05) is 34.1 Å². The van der Waals surface area contributed by atoms with E-state index in [2.05, 4.69) is 15.9 Å². The molecule has 1 aliphatic heterocycles. The molecular formula is C14H14BrNO3S. The maximum absolute atomic E-state index is 12.2. The lowest BCUT2D eigenvalue weighted by Crippen LogP contribution is -2.43. The van der Waals surface area contributed by atoms with E-state index in [1.807, 2.05) is 31.2 Å².